The number of rotatable bonds is 7. The Morgan fingerprint density at radius 1 is 1.39 bits per heavy atom. The molecule has 33 heavy (non-hydrogen) atoms. The van der Waals surface area contributed by atoms with Crippen molar-refractivity contribution in [1.29, 1.82) is 0 Å². The molecule has 2 heterocycles. The molecule has 6 heteroatoms. The van der Waals surface area contributed by atoms with Gasteiger partial charge in [0, 0.05) is 43.3 Å². The van der Waals surface area contributed by atoms with Crippen molar-refractivity contribution in [2.75, 3.05) is 26.7 Å². The van der Waals surface area contributed by atoms with Crippen LogP contribution < -0.4 is 5.32 Å². The zero-order chi connectivity index (χ0) is 23.5. The van der Waals surface area contributed by atoms with E-state index < -0.39 is 5.60 Å². The van der Waals surface area contributed by atoms with E-state index in [-0.39, 0.29) is 23.1 Å². The molecule has 2 fully saturated rings. The molecular weight excluding hydrogens is 416 g/mol. The first-order chi connectivity index (χ1) is 15.9. The lowest BCUT2D eigenvalue weighted by Crippen LogP contribution is -2.67. The third-order valence-electron chi connectivity index (χ3n) is 7.53. The van der Waals surface area contributed by atoms with E-state index >= 15 is 0 Å². The number of aryl methyl sites for hydroxylation is 1. The van der Waals surface area contributed by atoms with Gasteiger partial charge in [0.1, 0.15) is 11.5 Å². The Bertz CT molecular complexity index is 1030. The highest BCUT2D eigenvalue weighted by Gasteiger charge is 2.58. The van der Waals surface area contributed by atoms with Gasteiger partial charge in [-0.1, -0.05) is 18.2 Å². The maximum absolute atomic E-state index is 12.7. The number of phenolic OH excluding ortho intramolecular Hbond substituents is 1. The average molecular weight is 451 g/mol. The van der Waals surface area contributed by atoms with E-state index in [0.29, 0.717) is 0 Å². The minimum absolute atomic E-state index is 0.0178. The average Bonchev–Trinajstić information content (AvgIpc) is 3.22. The summed E-state index contributed by atoms with van der Waals surface area (Å²) in [6.45, 7) is 8.31. The van der Waals surface area contributed by atoms with Gasteiger partial charge < -0.3 is 19.6 Å². The van der Waals surface area contributed by atoms with Crippen molar-refractivity contribution in [3.63, 3.8) is 0 Å². The number of amides is 1. The summed E-state index contributed by atoms with van der Waals surface area (Å²) in [7, 11) is 1.80. The van der Waals surface area contributed by atoms with E-state index in [9.17, 15) is 9.90 Å². The topological polar surface area (TPSA) is 74.9 Å². The fourth-order valence-corrected chi connectivity index (χ4v) is 5.84. The summed E-state index contributed by atoms with van der Waals surface area (Å²) in [5, 5.41) is 13.5. The first kappa shape index (κ1) is 23.3. The monoisotopic (exact) mass is 450 g/mol. The standard InChI is InChI=1S/C27H34N2O4/c1-4-14-29-15-13-26(22-6-5-7-24(30)17-22)18-23(10-12-27(26,19-29)32-3)28-25(31)9-8-21-11-16-33-20(21)2/h4-9,11,16-17,23,30H,1,10,12-15,18-19H2,2-3H3,(H,28,31)/t23-,26+,27+/m1/s1. The number of methoxy groups -OCH3 is 1. The SMILES string of the molecule is C=CCN1CC[C@@]2(c3cccc(O)c3)C[C@H](NC(=O)C=Cc3ccoc3C)CC[C@]2(OC)C1. The Labute approximate surface area is 195 Å². The summed E-state index contributed by atoms with van der Waals surface area (Å²) >= 11 is 0. The molecule has 1 saturated carbocycles. The molecule has 2 N–H and O–H groups in total. The Hall–Kier alpha value is -2.83. The Kier molecular flexibility index (Phi) is 6.77. The fraction of sp³-hybridized carbons (Fsp3) is 0.444. The first-order valence-electron chi connectivity index (χ1n) is 11.6. The predicted octanol–water partition coefficient (Wildman–Crippen LogP) is 4.19. The number of fused-ring (bicyclic) bond motifs is 1. The number of aromatic hydroxyl groups is 1. The Morgan fingerprint density at radius 3 is 2.94 bits per heavy atom. The van der Waals surface area contributed by atoms with Gasteiger partial charge in [-0.15, -0.1) is 6.58 Å². The van der Waals surface area contributed by atoms with E-state index in [4.69, 9.17) is 9.15 Å². The summed E-state index contributed by atoms with van der Waals surface area (Å²) in [6, 6.07) is 9.41. The van der Waals surface area contributed by atoms with Crippen LogP contribution in [0.25, 0.3) is 6.08 Å². The summed E-state index contributed by atoms with van der Waals surface area (Å²) < 4.78 is 11.6. The number of benzene rings is 1. The summed E-state index contributed by atoms with van der Waals surface area (Å²) in [4.78, 5) is 15.1. The second kappa shape index (κ2) is 9.57. The number of nitrogens with zero attached hydrogens (tertiary/aromatic N) is 1. The van der Waals surface area contributed by atoms with Crippen molar-refractivity contribution in [3.8, 4) is 5.75 Å². The third kappa shape index (κ3) is 4.50. The highest BCUT2D eigenvalue weighted by molar-refractivity contribution is 5.92. The molecule has 1 saturated heterocycles. The van der Waals surface area contributed by atoms with E-state index in [1.807, 2.05) is 31.2 Å². The molecule has 176 valence electrons. The number of carbonyl (C=O) groups excluding carboxylic acids is 1. The number of ether oxygens (including phenoxy) is 1. The second-order valence-electron chi connectivity index (χ2n) is 9.32. The number of carbonyl (C=O) groups is 1. The predicted molar refractivity (Wildman–Crippen MR) is 129 cm³/mol. The summed E-state index contributed by atoms with van der Waals surface area (Å²) in [6.07, 6.45) is 10.2. The van der Waals surface area contributed by atoms with Gasteiger partial charge in [-0.2, -0.15) is 0 Å². The Balaban J connectivity index is 1.60. The maximum Gasteiger partial charge on any atom is 0.244 e. The van der Waals surface area contributed by atoms with Gasteiger partial charge in [0.25, 0.3) is 0 Å². The van der Waals surface area contributed by atoms with Crippen molar-refractivity contribution >= 4 is 12.0 Å². The van der Waals surface area contributed by atoms with Crippen molar-refractivity contribution in [1.82, 2.24) is 10.2 Å². The van der Waals surface area contributed by atoms with Crippen LogP contribution in [-0.2, 0) is 14.9 Å². The summed E-state index contributed by atoms with van der Waals surface area (Å²) in [5.74, 6) is 0.932. The Morgan fingerprint density at radius 2 is 2.24 bits per heavy atom. The molecule has 2 aromatic rings. The van der Waals surface area contributed by atoms with Gasteiger partial charge in [0.2, 0.25) is 5.91 Å². The molecule has 2 aliphatic rings. The number of furan rings is 1. The van der Waals surface area contributed by atoms with E-state index in [2.05, 4.69) is 22.9 Å². The maximum atomic E-state index is 12.7. The van der Waals surface area contributed by atoms with Crippen LogP contribution in [0, 0.1) is 6.92 Å². The van der Waals surface area contributed by atoms with Crippen LogP contribution in [0.5, 0.6) is 5.75 Å². The van der Waals surface area contributed by atoms with E-state index in [1.165, 1.54) is 0 Å². The van der Waals surface area contributed by atoms with Gasteiger partial charge in [-0.05, 0) is 69.0 Å². The van der Waals surface area contributed by atoms with Crippen LogP contribution in [0.4, 0.5) is 0 Å². The van der Waals surface area contributed by atoms with Gasteiger partial charge in [-0.3, -0.25) is 9.69 Å². The molecule has 0 radical (unpaired) electrons. The largest absolute Gasteiger partial charge is 0.508 e. The molecule has 4 rings (SSSR count). The van der Waals surface area contributed by atoms with E-state index in [0.717, 1.165) is 62.2 Å². The van der Waals surface area contributed by atoms with Crippen molar-refractivity contribution in [3.05, 3.63) is 72.2 Å². The van der Waals surface area contributed by atoms with Crippen LogP contribution >= 0.6 is 0 Å². The second-order valence-corrected chi connectivity index (χ2v) is 9.32. The molecule has 0 unspecified atom stereocenters. The highest BCUT2D eigenvalue weighted by Crippen LogP contribution is 2.53. The molecule has 3 atom stereocenters. The van der Waals surface area contributed by atoms with Gasteiger partial charge >= 0.3 is 0 Å². The van der Waals surface area contributed by atoms with Crippen LogP contribution in [0.3, 0.4) is 0 Å². The molecule has 0 spiro atoms. The van der Waals surface area contributed by atoms with Crippen LogP contribution in [-0.4, -0.2) is 54.3 Å². The van der Waals surface area contributed by atoms with Crippen molar-refractivity contribution < 1.29 is 19.1 Å². The lowest BCUT2D eigenvalue weighted by Gasteiger charge is -2.59. The minimum Gasteiger partial charge on any atom is -0.508 e. The first-order valence-corrected chi connectivity index (χ1v) is 11.6. The number of likely N-dealkylation sites (tertiary alicyclic amines) is 1. The number of nitrogens with one attached hydrogen (secondary N) is 1. The third-order valence-corrected chi connectivity index (χ3v) is 7.53. The smallest absolute Gasteiger partial charge is 0.244 e. The highest BCUT2D eigenvalue weighted by atomic mass is 16.5. The van der Waals surface area contributed by atoms with Gasteiger partial charge in [-0.25, -0.2) is 0 Å². The zero-order valence-corrected chi connectivity index (χ0v) is 19.5. The normalized spacial score (nSPS) is 27.9. The molecule has 0 bridgehead atoms. The molecule has 1 aliphatic carbocycles. The number of piperidine rings is 1. The van der Waals surface area contributed by atoms with Gasteiger partial charge in [0.05, 0.1) is 11.9 Å². The molecule has 1 aliphatic heterocycles. The summed E-state index contributed by atoms with van der Waals surface area (Å²) in [5.41, 5.74) is 1.27. The van der Waals surface area contributed by atoms with Crippen LogP contribution in [0.2, 0.25) is 0 Å². The molecular formula is C27H34N2O4. The quantitative estimate of drug-likeness (QED) is 0.489. The fourth-order valence-electron chi connectivity index (χ4n) is 5.84. The van der Waals surface area contributed by atoms with Crippen molar-refractivity contribution in [2.45, 2.75) is 49.7 Å². The molecule has 6 nitrogen and oxygen atoms in total. The van der Waals surface area contributed by atoms with E-state index in [1.54, 1.807) is 31.6 Å². The number of phenols is 1. The van der Waals surface area contributed by atoms with Crippen molar-refractivity contribution in [2.24, 2.45) is 0 Å². The zero-order valence-electron chi connectivity index (χ0n) is 19.5. The molecule has 1 aromatic carbocycles. The molecule has 1 amide bonds. The van der Waals surface area contributed by atoms with Gasteiger partial charge in [0.15, 0.2) is 0 Å². The minimum atomic E-state index is -0.396. The number of hydrogen-bond donors (Lipinski definition) is 2. The lowest BCUT2D eigenvalue weighted by molar-refractivity contribution is -0.148. The lowest BCUT2D eigenvalue weighted by atomic mass is 9.55. The van der Waals surface area contributed by atoms with Crippen LogP contribution in [0.15, 0.2) is 59.7 Å². The molecule has 1 aromatic heterocycles. The number of hydrogen-bond acceptors (Lipinski definition) is 5. The van der Waals surface area contributed by atoms with Crippen LogP contribution in [0.1, 0.15) is 42.6 Å².